The fourth-order valence-electron chi connectivity index (χ4n) is 3.54. The number of hydrogen-bond acceptors (Lipinski definition) is 6. The maximum Gasteiger partial charge on any atom is 0.308 e. The Morgan fingerprint density at radius 2 is 2.07 bits per heavy atom. The second-order valence-corrected chi connectivity index (χ2v) is 6.99. The Labute approximate surface area is 155 Å². The van der Waals surface area contributed by atoms with Crippen LogP contribution in [0.2, 0.25) is 0 Å². The first kappa shape index (κ1) is 18.8. The minimum atomic E-state index is -1.64. The van der Waals surface area contributed by atoms with Gasteiger partial charge in [-0.15, -0.1) is 0 Å². The van der Waals surface area contributed by atoms with Crippen LogP contribution in [0.25, 0.3) is 0 Å². The van der Waals surface area contributed by atoms with Crippen molar-refractivity contribution in [2.45, 2.75) is 56.6 Å². The van der Waals surface area contributed by atoms with Crippen molar-refractivity contribution in [2.75, 3.05) is 0 Å². The first-order valence-electron chi connectivity index (χ1n) is 8.92. The molecular weight excluding hydrogens is 354 g/mol. The quantitative estimate of drug-likeness (QED) is 0.580. The number of carbonyl (C=O) groups is 2. The first-order chi connectivity index (χ1) is 12.9. The zero-order chi connectivity index (χ0) is 19.4. The molecule has 1 heterocycles. The number of nitro benzene ring substituents is 1. The van der Waals surface area contributed by atoms with Gasteiger partial charge in [0.15, 0.2) is 0 Å². The average Bonchev–Trinajstić information content (AvgIpc) is 3.07. The number of carboxylic acids is 1. The van der Waals surface area contributed by atoms with Gasteiger partial charge in [-0.2, -0.15) is 0 Å². The molecule has 0 radical (unpaired) electrons. The molecule has 1 aliphatic heterocycles. The number of aliphatic carboxylic acids is 1. The van der Waals surface area contributed by atoms with Crippen LogP contribution in [0, 0.1) is 10.1 Å². The Balaban J connectivity index is 1.78. The van der Waals surface area contributed by atoms with Gasteiger partial charge >= 0.3 is 5.97 Å². The summed E-state index contributed by atoms with van der Waals surface area (Å²) < 4.78 is 0. The average molecular weight is 375 g/mol. The smallest absolute Gasteiger partial charge is 0.308 e. The Hall–Kier alpha value is -2.97. The zero-order valence-corrected chi connectivity index (χ0v) is 14.7. The number of nitrogens with zero attached hydrogens (tertiary/aromatic N) is 2. The van der Waals surface area contributed by atoms with E-state index in [0.29, 0.717) is 11.3 Å². The van der Waals surface area contributed by atoms with Crippen LogP contribution in [0.3, 0.4) is 0 Å². The predicted molar refractivity (Wildman–Crippen MR) is 95.3 cm³/mol. The highest BCUT2D eigenvalue weighted by Gasteiger charge is 2.49. The van der Waals surface area contributed by atoms with Crippen molar-refractivity contribution in [3.05, 3.63) is 39.9 Å². The lowest BCUT2D eigenvalue weighted by Gasteiger charge is -2.29. The minimum Gasteiger partial charge on any atom is -0.481 e. The van der Waals surface area contributed by atoms with Gasteiger partial charge < -0.3 is 15.3 Å². The molecule has 1 unspecified atom stereocenters. The van der Waals surface area contributed by atoms with Gasteiger partial charge in [-0.25, -0.2) is 0 Å². The maximum atomic E-state index is 12.8. The summed E-state index contributed by atoms with van der Waals surface area (Å²) in [6.07, 6.45) is 4.29. The number of rotatable bonds is 6. The summed E-state index contributed by atoms with van der Waals surface area (Å²) >= 11 is 0. The van der Waals surface area contributed by atoms with E-state index in [9.17, 15) is 24.8 Å². The second kappa shape index (κ2) is 7.73. The molecule has 9 nitrogen and oxygen atoms in total. The lowest BCUT2D eigenvalue weighted by molar-refractivity contribution is -0.384. The number of oxime groups is 1. The Morgan fingerprint density at radius 1 is 1.33 bits per heavy atom. The number of benzene rings is 1. The molecule has 3 rings (SSSR count). The molecule has 1 aliphatic carbocycles. The fourth-order valence-corrected chi connectivity index (χ4v) is 3.54. The van der Waals surface area contributed by atoms with E-state index >= 15 is 0 Å². The third-order valence-electron chi connectivity index (χ3n) is 4.96. The molecule has 0 aromatic heterocycles. The largest absolute Gasteiger partial charge is 0.481 e. The van der Waals surface area contributed by atoms with Crippen molar-refractivity contribution >= 4 is 23.3 Å². The van der Waals surface area contributed by atoms with E-state index in [2.05, 4.69) is 10.5 Å². The molecular formula is C18H21N3O6. The van der Waals surface area contributed by atoms with Crippen LogP contribution in [-0.2, 0) is 14.4 Å². The number of carboxylic acid groups (broad SMARTS) is 1. The van der Waals surface area contributed by atoms with Crippen LogP contribution >= 0.6 is 0 Å². The summed E-state index contributed by atoms with van der Waals surface area (Å²) in [6, 6.07) is 5.81. The van der Waals surface area contributed by atoms with E-state index < -0.39 is 28.8 Å². The Bertz CT molecular complexity index is 787. The molecule has 1 amide bonds. The van der Waals surface area contributed by atoms with Crippen molar-refractivity contribution in [2.24, 2.45) is 5.16 Å². The minimum absolute atomic E-state index is 0.00221. The molecule has 2 aliphatic rings. The van der Waals surface area contributed by atoms with E-state index in [1.807, 2.05) is 0 Å². The fraction of sp³-hybridized carbons (Fsp3) is 0.500. The first-order valence-corrected chi connectivity index (χ1v) is 8.92. The summed E-state index contributed by atoms with van der Waals surface area (Å²) in [5.41, 5.74) is -0.998. The van der Waals surface area contributed by atoms with E-state index in [0.717, 1.165) is 32.1 Å². The molecule has 27 heavy (non-hydrogen) atoms. The van der Waals surface area contributed by atoms with Crippen molar-refractivity contribution < 1.29 is 24.5 Å². The lowest BCUT2D eigenvalue weighted by atomic mass is 9.88. The van der Waals surface area contributed by atoms with Crippen LogP contribution in [0.1, 0.15) is 50.5 Å². The van der Waals surface area contributed by atoms with E-state index in [1.54, 1.807) is 6.07 Å². The van der Waals surface area contributed by atoms with Crippen LogP contribution in [0.4, 0.5) is 5.69 Å². The van der Waals surface area contributed by atoms with Gasteiger partial charge in [-0.05, 0) is 12.8 Å². The lowest BCUT2D eigenvalue weighted by Crippen LogP contribution is -2.52. The third-order valence-corrected chi connectivity index (χ3v) is 4.96. The summed E-state index contributed by atoms with van der Waals surface area (Å²) in [5.74, 6) is -1.68. The number of nitro groups is 1. The van der Waals surface area contributed by atoms with Gasteiger partial charge in [0.2, 0.25) is 5.60 Å². The normalized spacial score (nSPS) is 22.6. The number of nitrogens with one attached hydrogen (secondary N) is 1. The molecule has 0 saturated heterocycles. The highest BCUT2D eigenvalue weighted by atomic mass is 16.7. The van der Waals surface area contributed by atoms with Gasteiger partial charge in [0.25, 0.3) is 11.6 Å². The zero-order valence-electron chi connectivity index (χ0n) is 14.7. The van der Waals surface area contributed by atoms with E-state index in [4.69, 9.17) is 4.84 Å². The van der Waals surface area contributed by atoms with E-state index in [1.165, 1.54) is 18.2 Å². The molecule has 1 atom stereocenters. The third kappa shape index (κ3) is 4.24. The predicted octanol–water partition coefficient (Wildman–Crippen LogP) is 2.38. The van der Waals surface area contributed by atoms with E-state index in [-0.39, 0.29) is 18.2 Å². The van der Waals surface area contributed by atoms with Crippen molar-refractivity contribution in [1.29, 1.82) is 0 Å². The molecule has 2 N–H and O–H groups in total. The topological polar surface area (TPSA) is 131 Å². The monoisotopic (exact) mass is 375 g/mol. The molecule has 9 heteroatoms. The maximum absolute atomic E-state index is 12.8. The summed E-state index contributed by atoms with van der Waals surface area (Å²) in [5, 5.41) is 27.0. The van der Waals surface area contributed by atoms with Gasteiger partial charge in [-0.1, -0.05) is 36.6 Å². The summed E-state index contributed by atoms with van der Waals surface area (Å²) in [4.78, 5) is 40.0. The van der Waals surface area contributed by atoms with Crippen LogP contribution in [0.15, 0.2) is 29.4 Å². The second-order valence-electron chi connectivity index (χ2n) is 6.99. The van der Waals surface area contributed by atoms with Crippen LogP contribution in [0.5, 0.6) is 0 Å². The van der Waals surface area contributed by atoms with Crippen molar-refractivity contribution in [3.8, 4) is 0 Å². The molecule has 144 valence electrons. The molecule has 1 aromatic carbocycles. The van der Waals surface area contributed by atoms with Gasteiger partial charge in [-0.3, -0.25) is 19.7 Å². The van der Waals surface area contributed by atoms with Crippen molar-refractivity contribution in [1.82, 2.24) is 5.32 Å². The van der Waals surface area contributed by atoms with Crippen LogP contribution < -0.4 is 5.32 Å². The molecule has 1 aromatic rings. The van der Waals surface area contributed by atoms with Gasteiger partial charge in [0.1, 0.15) is 0 Å². The summed E-state index contributed by atoms with van der Waals surface area (Å²) in [6.45, 7) is 0. The summed E-state index contributed by atoms with van der Waals surface area (Å²) in [7, 11) is 0. The standard InChI is InChI=1S/C18H21N3O6/c22-16(23)11-18(17(24)19-13-6-2-1-3-7-13)10-15(20-27-18)12-5-4-8-14(9-12)21(25)26/h4-5,8-9,13H,1-3,6-7,10-11H2,(H,19,24)(H,22,23). The van der Waals surface area contributed by atoms with Crippen molar-refractivity contribution in [3.63, 3.8) is 0 Å². The Kier molecular flexibility index (Phi) is 5.38. The molecule has 1 fully saturated rings. The van der Waals surface area contributed by atoms with Crippen LogP contribution in [-0.4, -0.2) is 39.3 Å². The molecule has 0 spiro atoms. The Morgan fingerprint density at radius 3 is 2.74 bits per heavy atom. The molecule has 0 bridgehead atoms. The number of hydrogen-bond donors (Lipinski definition) is 2. The van der Waals surface area contributed by atoms with Gasteiger partial charge in [0.05, 0.1) is 17.1 Å². The molecule has 1 saturated carbocycles. The SMILES string of the molecule is O=C(O)CC1(C(=O)NC2CCCCC2)CC(c2cccc([N+](=O)[O-])c2)=NO1. The highest BCUT2D eigenvalue weighted by Crippen LogP contribution is 2.32. The number of amides is 1. The highest BCUT2D eigenvalue weighted by molar-refractivity contribution is 6.06. The van der Waals surface area contributed by atoms with Gasteiger partial charge in [0, 0.05) is 30.2 Å². The number of carbonyl (C=O) groups excluding carboxylic acids is 1. The number of non-ortho nitro benzene ring substituents is 1.